The molecule has 0 unspecified atom stereocenters. The number of nitrogens with zero attached hydrogens (tertiary/aromatic N) is 1. The fraction of sp³-hybridized carbons (Fsp3) is 0.174. The molecular formula is C23H22N2O4S. The number of fused-ring (bicyclic) bond motifs is 1. The van der Waals surface area contributed by atoms with Gasteiger partial charge in [-0.1, -0.05) is 30.3 Å². The number of hydrogen-bond acceptors (Lipinski definition) is 4. The zero-order chi connectivity index (χ0) is 21.1. The summed E-state index contributed by atoms with van der Waals surface area (Å²) < 4.78 is 32.7. The summed E-state index contributed by atoms with van der Waals surface area (Å²) in [5, 5.41) is 2.80. The van der Waals surface area contributed by atoms with Crippen molar-refractivity contribution in [2.24, 2.45) is 0 Å². The van der Waals surface area contributed by atoms with Crippen molar-refractivity contribution >= 4 is 27.3 Å². The minimum absolute atomic E-state index is 0.177. The number of methoxy groups -OCH3 is 1. The van der Waals surface area contributed by atoms with Crippen molar-refractivity contribution in [3.05, 3.63) is 83.9 Å². The van der Waals surface area contributed by atoms with E-state index in [1.54, 1.807) is 31.4 Å². The average Bonchev–Trinajstić information content (AvgIpc) is 3.20. The quantitative estimate of drug-likeness (QED) is 0.658. The lowest BCUT2D eigenvalue weighted by Crippen LogP contribution is -2.29. The zero-order valence-corrected chi connectivity index (χ0v) is 17.4. The third-order valence-electron chi connectivity index (χ3n) is 5.09. The predicted octanol–water partition coefficient (Wildman–Crippen LogP) is 3.63. The van der Waals surface area contributed by atoms with Crippen LogP contribution in [0.2, 0.25) is 0 Å². The highest BCUT2D eigenvalue weighted by Crippen LogP contribution is 2.32. The van der Waals surface area contributed by atoms with Gasteiger partial charge >= 0.3 is 0 Å². The normalized spacial score (nSPS) is 13.0. The molecule has 7 heteroatoms. The van der Waals surface area contributed by atoms with Crippen molar-refractivity contribution in [3.63, 3.8) is 0 Å². The van der Waals surface area contributed by atoms with Gasteiger partial charge in [-0.05, 0) is 60.0 Å². The van der Waals surface area contributed by atoms with Gasteiger partial charge in [0, 0.05) is 12.2 Å². The van der Waals surface area contributed by atoms with Crippen molar-refractivity contribution in [2.45, 2.75) is 17.7 Å². The molecule has 1 aliphatic heterocycles. The van der Waals surface area contributed by atoms with Crippen molar-refractivity contribution in [1.82, 2.24) is 0 Å². The molecule has 3 aromatic carbocycles. The Bertz CT molecular complexity index is 1160. The Morgan fingerprint density at radius 3 is 2.40 bits per heavy atom. The smallest absolute Gasteiger partial charge is 0.264 e. The largest absolute Gasteiger partial charge is 0.497 e. The summed E-state index contributed by atoms with van der Waals surface area (Å²) in [6, 6.07) is 21.1. The molecule has 0 saturated heterocycles. The van der Waals surface area contributed by atoms with Crippen LogP contribution < -0.4 is 14.4 Å². The van der Waals surface area contributed by atoms with Crippen LogP contribution in [0.4, 0.5) is 11.4 Å². The Morgan fingerprint density at radius 1 is 1.00 bits per heavy atom. The summed E-state index contributed by atoms with van der Waals surface area (Å²) in [5.41, 5.74) is 3.17. The molecule has 0 atom stereocenters. The third-order valence-corrected chi connectivity index (χ3v) is 6.92. The lowest BCUT2D eigenvalue weighted by Gasteiger charge is -2.19. The number of carbonyl (C=O) groups excluding carboxylic acids is 1. The fourth-order valence-corrected chi connectivity index (χ4v) is 5.03. The molecule has 1 heterocycles. The van der Waals surface area contributed by atoms with Crippen LogP contribution >= 0.6 is 0 Å². The number of hydrogen-bond donors (Lipinski definition) is 1. The van der Waals surface area contributed by atoms with Gasteiger partial charge in [-0.15, -0.1) is 0 Å². The molecule has 0 radical (unpaired) electrons. The van der Waals surface area contributed by atoms with E-state index in [1.165, 1.54) is 16.4 Å². The number of benzene rings is 3. The molecule has 1 N–H and O–H groups in total. The topological polar surface area (TPSA) is 75.7 Å². The van der Waals surface area contributed by atoms with Crippen molar-refractivity contribution < 1.29 is 17.9 Å². The van der Waals surface area contributed by atoms with Gasteiger partial charge in [0.05, 0.1) is 24.1 Å². The first-order chi connectivity index (χ1) is 14.5. The average molecular weight is 423 g/mol. The Hall–Kier alpha value is -3.32. The zero-order valence-electron chi connectivity index (χ0n) is 16.5. The van der Waals surface area contributed by atoms with E-state index in [1.807, 2.05) is 36.4 Å². The molecule has 1 amide bonds. The number of para-hydroxylation sites is 1. The maximum atomic E-state index is 13.1. The number of carbonyl (C=O) groups is 1. The highest BCUT2D eigenvalue weighted by molar-refractivity contribution is 7.92. The maximum absolute atomic E-state index is 13.1. The second-order valence-electron chi connectivity index (χ2n) is 7.05. The van der Waals surface area contributed by atoms with Crippen LogP contribution in [0.3, 0.4) is 0 Å². The van der Waals surface area contributed by atoms with Gasteiger partial charge in [-0.3, -0.25) is 9.10 Å². The van der Waals surface area contributed by atoms with Crippen LogP contribution in [0.1, 0.15) is 11.1 Å². The number of nitrogens with one attached hydrogen (secondary N) is 1. The monoisotopic (exact) mass is 422 g/mol. The molecule has 30 heavy (non-hydrogen) atoms. The van der Waals surface area contributed by atoms with Gasteiger partial charge in [-0.25, -0.2) is 8.42 Å². The summed E-state index contributed by atoms with van der Waals surface area (Å²) in [7, 11) is -2.05. The van der Waals surface area contributed by atoms with Gasteiger partial charge < -0.3 is 10.1 Å². The molecular weight excluding hydrogens is 400 g/mol. The summed E-state index contributed by atoms with van der Waals surface area (Å²) in [6.07, 6.45) is 0.920. The highest BCUT2D eigenvalue weighted by Gasteiger charge is 2.30. The summed E-state index contributed by atoms with van der Waals surface area (Å²) in [4.78, 5) is 12.5. The van der Waals surface area contributed by atoms with Crippen LogP contribution in [0, 0.1) is 0 Å². The van der Waals surface area contributed by atoms with Gasteiger partial charge in [0.15, 0.2) is 0 Å². The first-order valence-corrected chi connectivity index (χ1v) is 11.0. The van der Waals surface area contributed by atoms with Crippen LogP contribution in [-0.4, -0.2) is 28.0 Å². The molecule has 1 aliphatic rings. The molecule has 154 valence electrons. The van der Waals surface area contributed by atoms with E-state index in [-0.39, 0.29) is 17.2 Å². The lowest BCUT2D eigenvalue weighted by atomic mass is 10.1. The van der Waals surface area contributed by atoms with Crippen LogP contribution in [0.15, 0.2) is 77.7 Å². The van der Waals surface area contributed by atoms with Crippen molar-refractivity contribution in [1.29, 1.82) is 0 Å². The van der Waals surface area contributed by atoms with Crippen LogP contribution in [-0.2, 0) is 27.7 Å². The maximum Gasteiger partial charge on any atom is 0.264 e. The van der Waals surface area contributed by atoms with E-state index in [2.05, 4.69) is 5.32 Å². The van der Waals surface area contributed by atoms with Crippen LogP contribution in [0.5, 0.6) is 5.75 Å². The van der Waals surface area contributed by atoms with Gasteiger partial charge in [0.1, 0.15) is 5.75 Å². The van der Waals surface area contributed by atoms with E-state index in [0.29, 0.717) is 18.7 Å². The van der Waals surface area contributed by atoms with E-state index in [9.17, 15) is 13.2 Å². The number of amides is 1. The summed E-state index contributed by atoms with van der Waals surface area (Å²) >= 11 is 0. The van der Waals surface area contributed by atoms with E-state index in [4.69, 9.17) is 4.74 Å². The van der Waals surface area contributed by atoms with E-state index < -0.39 is 10.0 Å². The fourth-order valence-electron chi connectivity index (χ4n) is 3.53. The van der Waals surface area contributed by atoms with Crippen molar-refractivity contribution in [2.75, 3.05) is 23.3 Å². The minimum Gasteiger partial charge on any atom is -0.497 e. The van der Waals surface area contributed by atoms with E-state index >= 15 is 0 Å². The summed E-state index contributed by atoms with van der Waals surface area (Å²) in [6.45, 7) is 0.433. The van der Waals surface area contributed by atoms with Gasteiger partial charge in [-0.2, -0.15) is 0 Å². The second-order valence-corrected chi connectivity index (χ2v) is 8.92. The Morgan fingerprint density at radius 2 is 1.70 bits per heavy atom. The first kappa shape index (κ1) is 20.0. The number of sulfonamides is 1. The molecule has 4 rings (SSSR count). The standard InChI is InChI=1S/C23H22N2O4S/c1-29-20-10-6-17(7-11-20)16-23(26)24-19-8-12-21(13-9-19)30(27,28)25-15-14-18-4-2-3-5-22(18)25/h2-13H,14-16H2,1H3,(H,24,26). The molecule has 0 aliphatic carbocycles. The Labute approximate surface area is 176 Å². The molecule has 0 saturated carbocycles. The number of rotatable bonds is 6. The van der Waals surface area contributed by atoms with E-state index in [0.717, 1.165) is 22.6 Å². The SMILES string of the molecule is COc1ccc(CC(=O)Nc2ccc(S(=O)(=O)N3CCc4ccccc43)cc2)cc1. The molecule has 6 nitrogen and oxygen atoms in total. The molecule has 0 spiro atoms. The predicted molar refractivity (Wildman–Crippen MR) is 116 cm³/mol. The van der Waals surface area contributed by atoms with Crippen LogP contribution in [0.25, 0.3) is 0 Å². The minimum atomic E-state index is -3.64. The Balaban J connectivity index is 1.44. The molecule has 0 bridgehead atoms. The molecule has 3 aromatic rings. The molecule has 0 aromatic heterocycles. The third kappa shape index (κ3) is 4.02. The van der Waals surface area contributed by atoms with Gasteiger partial charge in [0.25, 0.3) is 10.0 Å². The number of ether oxygens (including phenoxy) is 1. The summed E-state index contributed by atoms with van der Waals surface area (Å²) in [5.74, 6) is 0.556. The lowest BCUT2D eigenvalue weighted by molar-refractivity contribution is -0.115. The molecule has 0 fully saturated rings. The van der Waals surface area contributed by atoms with Crippen molar-refractivity contribution in [3.8, 4) is 5.75 Å². The van der Waals surface area contributed by atoms with Gasteiger partial charge in [0.2, 0.25) is 5.91 Å². The number of anilines is 2. The Kier molecular flexibility index (Phi) is 5.46. The second kappa shape index (κ2) is 8.20. The highest BCUT2D eigenvalue weighted by atomic mass is 32.2. The first-order valence-electron chi connectivity index (χ1n) is 9.61.